The molecule has 2 rings (SSSR count). The number of methoxy groups -OCH3 is 1. The molecular formula is C15H18N2O4. The molecule has 1 aromatic rings. The summed E-state index contributed by atoms with van der Waals surface area (Å²) in [5.41, 5.74) is 0.777. The second-order valence-corrected chi connectivity index (χ2v) is 4.84. The molecule has 6 nitrogen and oxygen atoms in total. The molecule has 1 heterocycles. The van der Waals surface area contributed by atoms with Crippen LogP contribution < -0.4 is 5.32 Å². The first-order valence-corrected chi connectivity index (χ1v) is 6.86. The van der Waals surface area contributed by atoms with Crippen LogP contribution in [0.1, 0.15) is 33.6 Å². The Morgan fingerprint density at radius 2 is 1.67 bits per heavy atom. The van der Waals surface area contributed by atoms with E-state index < -0.39 is 5.97 Å². The van der Waals surface area contributed by atoms with Crippen LogP contribution in [0.4, 0.5) is 0 Å². The van der Waals surface area contributed by atoms with Gasteiger partial charge in [0.1, 0.15) is 0 Å². The minimum Gasteiger partial charge on any atom is -0.465 e. The summed E-state index contributed by atoms with van der Waals surface area (Å²) in [4.78, 5) is 36.8. The quantitative estimate of drug-likeness (QED) is 0.833. The molecule has 0 aliphatic carbocycles. The number of benzene rings is 1. The fourth-order valence-electron chi connectivity index (χ4n) is 2.21. The van der Waals surface area contributed by atoms with Crippen molar-refractivity contribution in [2.24, 2.45) is 0 Å². The van der Waals surface area contributed by atoms with E-state index in [0.29, 0.717) is 11.1 Å². The minimum atomic E-state index is -0.453. The Kier molecular flexibility index (Phi) is 4.92. The lowest BCUT2D eigenvalue weighted by atomic mass is 10.1. The van der Waals surface area contributed by atoms with Crippen molar-refractivity contribution < 1.29 is 19.1 Å². The summed E-state index contributed by atoms with van der Waals surface area (Å²) in [6.45, 7) is 1.53. The van der Waals surface area contributed by atoms with E-state index in [9.17, 15) is 14.4 Å². The maximum Gasteiger partial charge on any atom is 0.337 e. The van der Waals surface area contributed by atoms with Crippen LogP contribution in [-0.4, -0.2) is 49.4 Å². The normalized spacial score (nSPS) is 13.9. The first-order chi connectivity index (χ1) is 10.1. The van der Waals surface area contributed by atoms with Crippen LogP contribution in [0, 0.1) is 0 Å². The van der Waals surface area contributed by atoms with Crippen molar-refractivity contribution in [3.63, 3.8) is 0 Å². The van der Waals surface area contributed by atoms with E-state index in [1.54, 1.807) is 4.90 Å². The van der Waals surface area contributed by atoms with E-state index in [1.165, 1.54) is 31.4 Å². The molecule has 1 fully saturated rings. The van der Waals surface area contributed by atoms with Gasteiger partial charge < -0.3 is 15.0 Å². The second-order valence-electron chi connectivity index (χ2n) is 4.84. The molecule has 2 amide bonds. The first-order valence-electron chi connectivity index (χ1n) is 6.86. The Labute approximate surface area is 123 Å². The maximum atomic E-state index is 11.9. The van der Waals surface area contributed by atoms with E-state index in [4.69, 9.17) is 0 Å². The Morgan fingerprint density at radius 1 is 1.10 bits per heavy atom. The zero-order valence-electron chi connectivity index (χ0n) is 11.9. The van der Waals surface area contributed by atoms with Gasteiger partial charge in [0.2, 0.25) is 5.91 Å². The standard InChI is InChI=1S/C15H18N2O4/c1-21-15(20)12-6-4-11(5-7-12)14(19)16-10-13(18)17-8-2-3-9-17/h4-7H,2-3,8-10H2,1H3,(H,16,19). The van der Waals surface area contributed by atoms with Crippen molar-refractivity contribution in [3.05, 3.63) is 35.4 Å². The molecule has 112 valence electrons. The van der Waals surface area contributed by atoms with Gasteiger partial charge in [-0.1, -0.05) is 0 Å². The van der Waals surface area contributed by atoms with Crippen LogP contribution in [0.5, 0.6) is 0 Å². The van der Waals surface area contributed by atoms with Crippen molar-refractivity contribution in [2.75, 3.05) is 26.7 Å². The van der Waals surface area contributed by atoms with Crippen molar-refractivity contribution in [2.45, 2.75) is 12.8 Å². The van der Waals surface area contributed by atoms with Gasteiger partial charge in [-0.3, -0.25) is 9.59 Å². The molecule has 0 spiro atoms. The summed E-state index contributed by atoms with van der Waals surface area (Å²) in [6, 6.07) is 6.09. The summed E-state index contributed by atoms with van der Waals surface area (Å²) in [6.07, 6.45) is 2.04. The second kappa shape index (κ2) is 6.88. The Morgan fingerprint density at radius 3 is 2.24 bits per heavy atom. The monoisotopic (exact) mass is 290 g/mol. The summed E-state index contributed by atoms with van der Waals surface area (Å²) < 4.78 is 4.58. The molecule has 0 saturated carbocycles. The molecule has 0 atom stereocenters. The van der Waals surface area contributed by atoms with E-state index in [2.05, 4.69) is 10.1 Å². The number of hydrogen-bond acceptors (Lipinski definition) is 4. The van der Waals surface area contributed by atoms with E-state index in [-0.39, 0.29) is 18.4 Å². The molecule has 1 N–H and O–H groups in total. The molecule has 1 saturated heterocycles. The SMILES string of the molecule is COC(=O)c1ccc(C(=O)NCC(=O)N2CCCC2)cc1. The first kappa shape index (κ1) is 15.0. The molecule has 21 heavy (non-hydrogen) atoms. The summed E-state index contributed by atoms with van der Waals surface area (Å²) in [7, 11) is 1.30. The summed E-state index contributed by atoms with van der Waals surface area (Å²) in [5, 5.41) is 2.59. The predicted octanol–water partition coefficient (Wildman–Crippen LogP) is 0.825. The third-order valence-corrected chi connectivity index (χ3v) is 3.43. The average molecular weight is 290 g/mol. The van der Waals surface area contributed by atoms with Crippen LogP contribution in [-0.2, 0) is 9.53 Å². The van der Waals surface area contributed by atoms with Gasteiger partial charge in [0.05, 0.1) is 19.2 Å². The highest BCUT2D eigenvalue weighted by atomic mass is 16.5. The van der Waals surface area contributed by atoms with E-state index in [1.807, 2.05) is 0 Å². The zero-order valence-corrected chi connectivity index (χ0v) is 11.9. The molecule has 0 radical (unpaired) electrons. The van der Waals surface area contributed by atoms with Gasteiger partial charge >= 0.3 is 5.97 Å². The van der Waals surface area contributed by atoms with Gasteiger partial charge in [-0.2, -0.15) is 0 Å². The summed E-state index contributed by atoms with van der Waals surface area (Å²) >= 11 is 0. The number of amides is 2. The third-order valence-electron chi connectivity index (χ3n) is 3.43. The minimum absolute atomic E-state index is 0.00239. The molecular weight excluding hydrogens is 272 g/mol. The highest BCUT2D eigenvalue weighted by Crippen LogP contribution is 2.08. The molecule has 1 aliphatic heterocycles. The van der Waals surface area contributed by atoms with Gasteiger partial charge in [-0.15, -0.1) is 0 Å². The van der Waals surface area contributed by atoms with Gasteiger partial charge in [-0.05, 0) is 37.1 Å². The van der Waals surface area contributed by atoms with Crippen LogP contribution in [0.15, 0.2) is 24.3 Å². The van der Waals surface area contributed by atoms with Gasteiger partial charge in [0, 0.05) is 18.7 Å². The van der Waals surface area contributed by atoms with Crippen LogP contribution in [0.3, 0.4) is 0 Å². The molecule has 0 bridgehead atoms. The Hall–Kier alpha value is -2.37. The van der Waals surface area contributed by atoms with Gasteiger partial charge in [0.25, 0.3) is 5.91 Å². The van der Waals surface area contributed by atoms with Gasteiger partial charge in [-0.25, -0.2) is 4.79 Å². The maximum absolute atomic E-state index is 11.9. The Balaban J connectivity index is 1.88. The highest BCUT2D eigenvalue weighted by Gasteiger charge is 2.18. The van der Waals surface area contributed by atoms with Crippen molar-refractivity contribution >= 4 is 17.8 Å². The molecule has 0 unspecified atom stereocenters. The largest absolute Gasteiger partial charge is 0.465 e. The van der Waals surface area contributed by atoms with Crippen LogP contribution >= 0.6 is 0 Å². The number of ether oxygens (including phenoxy) is 1. The number of esters is 1. The molecule has 6 heteroatoms. The number of rotatable bonds is 4. The molecule has 1 aliphatic rings. The number of nitrogens with zero attached hydrogens (tertiary/aromatic N) is 1. The summed E-state index contributed by atoms with van der Waals surface area (Å²) in [5.74, 6) is -0.850. The van der Waals surface area contributed by atoms with Crippen molar-refractivity contribution in [3.8, 4) is 0 Å². The predicted molar refractivity (Wildman–Crippen MR) is 75.9 cm³/mol. The fourth-order valence-corrected chi connectivity index (χ4v) is 2.21. The van der Waals surface area contributed by atoms with Crippen molar-refractivity contribution in [1.29, 1.82) is 0 Å². The Bertz CT molecular complexity index is 533. The average Bonchev–Trinajstić information content (AvgIpc) is 3.06. The zero-order chi connectivity index (χ0) is 15.2. The van der Waals surface area contributed by atoms with Crippen LogP contribution in [0.25, 0.3) is 0 Å². The lowest BCUT2D eigenvalue weighted by Gasteiger charge is -2.15. The topological polar surface area (TPSA) is 75.7 Å². The lowest BCUT2D eigenvalue weighted by molar-refractivity contribution is -0.129. The third kappa shape index (κ3) is 3.81. The molecule has 0 aromatic heterocycles. The number of nitrogens with one attached hydrogen (secondary N) is 1. The molecule has 1 aromatic carbocycles. The number of likely N-dealkylation sites (tertiary alicyclic amines) is 1. The van der Waals surface area contributed by atoms with E-state index >= 15 is 0 Å². The van der Waals surface area contributed by atoms with Gasteiger partial charge in [0.15, 0.2) is 0 Å². The lowest BCUT2D eigenvalue weighted by Crippen LogP contribution is -2.38. The number of carbonyl (C=O) groups excluding carboxylic acids is 3. The van der Waals surface area contributed by atoms with E-state index in [0.717, 1.165) is 25.9 Å². The fraction of sp³-hybridized carbons (Fsp3) is 0.400. The smallest absolute Gasteiger partial charge is 0.337 e. The van der Waals surface area contributed by atoms with Crippen LogP contribution in [0.2, 0.25) is 0 Å². The van der Waals surface area contributed by atoms with Crippen molar-refractivity contribution in [1.82, 2.24) is 10.2 Å². The number of carbonyl (C=O) groups is 3. The number of hydrogen-bond donors (Lipinski definition) is 1. The highest BCUT2D eigenvalue weighted by molar-refractivity contribution is 5.97.